The number of hydrogen-bond donors (Lipinski definition) is 2. The van der Waals surface area contributed by atoms with Crippen molar-refractivity contribution in [1.29, 1.82) is 0 Å². The molecule has 2 N–H and O–H groups in total. The molecule has 0 bridgehead atoms. The van der Waals surface area contributed by atoms with Gasteiger partial charge in [0.05, 0.1) is 37.3 Å². The van der Waals surface area contributed by atoms with E-state index in [1.165, 1.54) is 0 Å². The van der Waals surface area contributed by atoms with Gasteiger partial charge in [0.15, 0.2) is 5.69 Å². The van der Waals surface area contributed by atoms with Gasteiger partial charge in [-0.25, -0.2) is 4.68 Å². The van der Waals surface area contributed by atoms with Crippen molar-refractivity contribution < 1.29 is 14.3 Å². The number of aromatic nitrogens is 4. The number of anilines is 1. The minimum atomic E-state index is -0.257. The largest absolute Gasteiger partial charge is 0.497 e. The van der Waals surface area contributed by atoms with Crippen molar-refractivity contribution >= 4 is 34.1 Å². The molecule has 2 aromatic heterocycles. The number of methoxy groups -OCH3 is 2. The Kier molecular flexibility index (Phi) is 7.10. The lowest BCUT2D eigenvalue weighted by Crippen LogP contribution is -2.18. The van der Waals surface area contributed by atoms with Crippen LogP contribution in [0.1, 0.15) is 16.1 Å². The average molecular weight is 529 g/mol. The number of benzene rings is 3. The maximum absolute atomic E-state index is 12.0. The second kappa shape index (κ2) is 10.8. The Morgan fingerprint density at radius 1 is 1.03 bits per heavy atom. The van der Waals surface area contributed by atoms with Gasteiger partial charge in [0.1, 0.15) is 11.5 Å². The number of ether oxygens (including phenoxy) is 2. The van der Waals surface area contributed by atoms with Gasteiger partial charge in [0.2, 0.25) is 0 Å². The first-order valence-corrected chi connectivity index (χ1v) is 12.2. The summed E-state index contributed by atoms with van der Waals surface area (Å²) < 4.78 is 12.5. The van der Waals surface area contributed by atoms with E-state index in [4.69, 9.17) is 21.1 Å². The minimum absolute atomic E-state index is 0.257. The summed E-state index contributed by atoms with van der Waals surface area (Å²) in [5.41, 5.74) is 5.36. The molecule has 0 aliphatic carbocycles. The molecule has 0 spiro atoms. The summed E-state index contributed by atoms with van der Waals surface area (Å²) in [6.07, 6.45) is 3.44. The maximum Gasteiger partial charge on any atom is 0.271 e. The molecule has 0 atom stereocenters. The maximum atomic E-state index is 12.0. The molecule has 9 nitrogen and oxygen atoms in total. The van der Waals surface area contributed by atoms with Crippen LogP contribution in [0.5, 0.6) is 11.5 Å². The summed E-state index contributed by atoms with van der Waals surface area (Å²) in [5.74, 6) is 1.21. The second-order valence-corrected chi connectivity index (χ2v) is 8.84. The Hall–Kier alpha value is -4.63. The van der Waals surface area contributed by atoms with Crippen LogP contribution >= 0.6 is 11.6 Å². The van der Waals surface area contributed by atoms with Gasteiger partial charge in [-0.3, -0.25) is 4.79 Å². The molecule has 5 rings (SSSR count). The predicted molar refractivity (Wildman–Crippen MR) is 147 cm³/mol. The summed E-state index contributed by atoms with van der Waals surface area (Å²) in [7, 11) is 4.83. The average Bonchev–Trinajstić information content (AvgIpc) is 3.45. The molecule has 192 valence electrons. The summed E-state index contributed by atoms with van der Waals surface area (Å²) >= 11 is 6.37. The van der Waals surface area contributed by atoms with Crippen LogP contribution in [-0.2, 0) is 6.54 Å². The Bertz CT molecular complexity index is 1630. The third-order valence-electron chi connectivity index (χ3n) is 6.17. The van der Waals surface area contributed by atoms with Gasteiger partial charge in [0, 0.05) is 47.4 Å². The first kappa shape index (κ1) is 25.0. The molecule has 1 amide bonds. The van der Waals surface area contributed by atoms with Gasteiger partial charge >= 0.3 is 0 Å². The van der Waals surface area contributed by atoms with Gasteiger partial charge in [-0.15, -0.1) is 0 Å². The van der Waals surface area contributed by atoms with E-state index >= 15 is 0 Å². The Balaban J connectivity index is 1.48. The van der Waals surface area contributed by atoms with Crippen molar-refractivity contribution in [3.8, 4) is 28.3 Å². The predicted octanol–water partition coefficient (Wildman–Crippen LogP) is 5.12. The monoisotopic (exact) mass is 528 g/mol. The van der Waals surface area contributed by atoms with E-state index in [0.29, 0.717) is 22.8 Å². The van der Waals surface area contributed by atoms with Crippen molar-refractivity contribution in [2.75, 3.05) is 26.6 Å². The van der Waals surface area contributed by atoms with E-state index in [0.717, 1.165) is 45.0 Å². The van der Waals surface area contributed by atoms with Gasteiger partial charge < -0.3 is 20.1 Å². The smallest absolute Gasteiger partial charge is 0.271 e. The van der Waals surface area contributed by atoms with E-state index in [2.05, 4.69) is 25.9 Å². The second-order valence-electron chi connectivity index (χ2n) is 8.41. The highest BCUT2D eigenvalue weighted by Gasteiger charge is 2.14. The highest BCUT2D eigenvalue weighted by atomic mass is 35.5. The molecule has 5 aromatic rings. The van der Waals surface area contributed by atoms with Crippen LogP contribution < -0.4 is 20.1 Å². The van der Waals surface area contributed by atoms with Crippen LogP contribution in [0.4, 0.5) is 5.69 Å². The van der Waals surface area contributed by atoms with Crippen molar-refractivity contribution in [2.24, 2.45) is 0 Å². The van der Waals surface area contributed by atoms with Crippen LogP contribution in [-0.4, -0.2) is 47.2 Å². The quantitative estimate of drug-likeness (QED) is 0.288. The van der Waals surface area contributed by atoms with Crippen molar-refractivity contribution in [3.63, 3.8) is 0 Å². The molecule has 0 fully saturated rings. The van der Waals surface area contributed by atoms with E-state index in [1.807, 2.05) is 48.5 Å². The highest BCUT2D eigenvalue weighted by Crippen LogP contribution is 2.33. The van der Waals surface area contributed by atoms with Crippen LogP contribution in [0.25, 0.3) is 27.7 Å². The molecule has 0 saturated heterocycles. The third kappa shape index (κ3) is 4.96. The van der Waals surface area contributed by atoms with Crippen LogP contribution in [0.3, 0.4) is 0 Å². The van der Waals surface area contributed by atoms with Gasteiger partial charge in [0.25, 0.3) is 5.91 Å². The zero-order valence-corrected chi connectivity index (χ0v) is 21.8. The number of carbonyl (C=O) groups excluding carboxylic acids is 1. The molecule has 0 saturated carbocycles. The molecule has 0 aliphatic rings. The molecular formula is C28H25ClN6O3. The zero-order valence-electron chi connectivity index (χ0n) is 21.0. The standard InChI is InChI=1S/C28H25ClN6O3/c1-30-28(36)23-10-11-35(34-23)26-9-6-19(29)13-22(26)17-5-8-21-24(12-17)33-32-16-25(21)31-15-18-4-7-20(37-2)14-27(18)38-3/h4-14,16H,15H2,1-3H3,(H,30,36)(H,31,33). The van der Waals surface area contributed by atoms with Crippen molar-refractivity contribution in [1.82, 2.24) is 25.3 Å². The van der Waals surface area contributed by atoms with Crippen LogP contribution in [0.15, 0.2) is 73.1 Å². The molecule has 2 heterocycles. The molecule has 38 heavy (non-hydrogen) atoms. The molecule has 10 heteroatoms. The lowest BCUT2D eigenvalue weighted by Gasteiger charge is -2.14. The fraction of sp³-hybridized carbons (Fsp3) is 0.143. The topological polar surface area (TPSA) is 103 Å². The Labute approximate surface area is 224 Å². The molecule has 0 aliphatic heterocycles. The summed E-state index contributed by atoms with van der Waals surface area (Å²) in [6, 6.07) is 18.9. The number of carbonyl (C=O) groups is 1. The van der Waals surface area contributed by atoms with Crippen molar-refractivity contribution in [2.45, 2.75) is 6.54 Å². The van der Waals surface area contributed by atoms with Crippen LogP contribution in [0.2, 0.25) is 5.02 Å². The third-order valence-corrected chi connectivity index (χ3v) is 6.40. The summed E-state index contributed by atoms with van der Waals surface area (Å²) in [6.45, 7) is 0.529. The molecular weight excluding hydrogens is 504 g/mol. The van der Waals surface area contributed by atoms with Gasteiger partial charge in [-0.2, -0.15) is 15.3 Å². The van der Waals surface area contributed by atoms with E-state index in [9.17, 15) is 4.79 Å². The molecule has 0 unspecified atom stereocenters. The first-order valence-electron chi connectivity index (χ1n) is 11.8. The fourth-order valence-corrected chi connectivity index (χ4v) is 4.38. The number of rotatable bonds is 8. The zero-order chi connectivity index (χ0) is 26.6. The Morgan fingerprint density at radius 3 is 2.68 bits per heavy atom. The number of halogens is 1. The number of hydrogen-bond acceptors (Lipinski definition) is 7. The van der Waals surface area contributed by atoms with Crippen molar-refractivity contribution in [3.05, 3.63) is 89.3 Å². The minimum Gasteiger partial charge on any atom is -0.497 e. The summed E-state index contributed by atoms with van der Waals surface area (Å²) in [5, 5.41) is 20.5. The van der Waals surface area contributed by atoms with Crippen LogP contribution in [0, 0.1) is 0 Å². The lowest BCUT2D eigenvalue weighted by atomic mass is 10.0. The SMILES string of the molecule is CNC(=O)c1ccn(-c2ccc(Cl)cc2-c2ccc3c(NCc4ccc(OC)cc4OC)cnnc3c2)n1. The number of nitrogens with zero attached hydrogens (tertiary/aromatic N) is 4. The lowest BCUT2D eigenvalue weighted by molar-refractivity contribution is 0.0957. The Morgan fingerprint density at radius 2 is 1.89 bits per heavy atom. The van der Waals surface area contributed by atoms with Gasteiger partial charge in [-0.1, -0.05) is 17.7 Å². The molecule has 0 radical (unpaired) electrons. The number of fused-ring (bicyclic) bond motifs is 1. The van der Waals surface area contributed by atoms with E-state index < -0.39 is 0 Å². The fourth-order valence-electron chi connectivity index (χ4n) is 4.20. The van der Waals surface area contributed by atoms with Gasteiger partial charge in [-0.05, 0) is 54.1 Å². The highest BCUT2D eigenvalue weighted by molar-refractivity contribution is 6.31. The molecule has 3 aromatic carbocycles. The number of amides is 1. The van der Waals surface area contributed by atoms with E-state index in [1.54, 1.807) is 50.5 Å². The normalized spacial score (nSPS) is 10.8. The van der Waals surface area contributed by atoms with E-state index in [-0.39, 0.29) is 5.91 Å². The number of nitrogens with one attached hydrogen (secondary N) is 2. The first-order chi connectivity index (χ1) is 18.5. The summed E-state index contributed by atoms with van der Waals surface area (Å²) in [4.78, 5) is 12.0.